The molecule has 3 unspecified atom stereocenters. The van der Waals surface area contributed by atoms with Crippen LogP contribution in [-0.2, 0) is 9.59 Å². The zero-order chi connectivity index (χ0) is 18.2. The lowest BCUT2D eigenvalue weighted by Crippen LogP contribution is -2.38. The summed E-state index contributed by atoms with van der Waals surface area (Å²) >= 11 is 1.94. The van der Waals surface area contributed by atoms with E-state index in [-0.39, 0.29) is 17.7 Å². The number of Topliss-reactive ketones (excluding diaryl/α,β-unsaturated/α-hetero) is 1. The number of hydrogen-bond donors (Lipinski definition) is 2. The van der Waals surface area contributed by atoms with Crippen molar-refractivity contribution < 1.29 is 14.4 Å². The lowest BCUT2D eigenvalue weighted by atomic mass is 10.0. The maximum absolute atomic E-state index is 11.8. The van der Waals surface area contributed by atoms with Gasteiger partial charge in [0, 0.05) is 37.4 Å². The monoisotopic (exact) mass is 369 g/mol. The topological polar surface area (TPSA) is 78.5 Å². The molecule has 2 fully saturated rings. The molecule has 2 saturated heterocycles. The summed E-state index contributed by atoms with van der Waals surface area (Å²) in [6.07, 6.45) is 7.04. The maximum Gasteiger partial charge on any atom is 0.317 e. The third-order valence-corrected chi connectivity index (χ3v) is 6.52. The molecule has 0 aromatic carbocycles. The number of carbonyl (C=O) groups is 3. The smallest absolute Gasteiger partial charge is 0.317 e. The second-order valence-corrected chi connectivity index (χ2v) is 8.41. The number of likely N-dealkylation sites (N-methyl/N-ethyl adjacent to an activating group) is 1. The molecule has 0 radical (unpaired) electrons. The Morgan fingerprint density at radius 3 is 2.72 bits per heavy atom. The van der Waals surface area contributed by atoms with Gasteiger partial charge in [0.2, 0.25) is 5.91 Å². The number of rotatable bonds is 11. The molecular formula is C18H31N3O3S. The van der Waals surface area contributed by atoms with Crippen molar-refractivity contribution in [1.29, 1.82) is 0 Å². The van der Waals surface area contributed by atoms with Crippen molar-refractivity contribution >= 4 is 29.5 Å². The van der Waals surface area contributed by atoms with Gasteiger partial charge in [0.15, 0.2) is 0 Å². The number of hydrogen-bond acceptors (Lipinski definition) is 4. The quantitative estimate of drug-likeness (QED) is 0.433. The minimum atomic E-state index is 0.0444. The fourth-order valence-corrected chi connectivity index (χ4v) is 5.24. The molecule has 2 rings (SSSR count). The summed E-state index contributed by atoms with van der Waals surface area (Å²) in [6, 6.07) is 0.642. The Bertz CT molecular complexity index is 486. The summed E-state index contributed by atoms with van der Waals surface area (Å²) in [5, 5.41) is 6.47. The van der Waals surface area contributed by atoms with Crippen molar-refractivity contribution in [1.82, 2.24) is 15.5 Å². The van der Waals surface area contributed by atoms with Crippen LogP contribution in [0.1, 0.15) is 58.3 Å². The molecule has 7 heteroatoms. The van der Waals surface area contributed by atoms with Crippen LogP contribution >= 0.6 is 11.8 Å². The van der Waals surface area contributed by atoms with E-state index >= 15 is 0 Å². The van der Waals surface area contributed by atoms with Crippen LogP contribution in [0.25, 0.3) is 0 Å². The standard InChI is InChI=1S/C18H31N3O3S/c1-13(22)8-4-3-7-11-19-16(23)10-6-5-9-15-17-14(12-25-15)20-18(24)21(17)2/h14-15,17H,3-12H2,1-2H3,(H,19,23)(H,20,24). The second kappa shape index (κ2) is 10.0. The average Bonchev–Trinajstić information content (AvgIpc) is 3.08. The van der Waals surface area contributed by atoms with Crippen LogP contribution in [0.5, 0.6) is 0 Å². The molecule has 25 heavy (non-hydrogen) atoms. The summed E-state index contributed by atoms with van der Waals surface area (Å²) in [5.74, 6) is 1.35. The molecule has 0 saturated carbocycles. The summed E-state index contributed by atoms with van der Waals surface area (Å²) in [6.45, 7) is 2.32. The van der Waals surface area contributed by atoms with Crippen LogP contribution in [0, 0.1) is 0 Å². The van der Waals surface area contributed by atoms with Crippen LogP contribution in [0.15, 0.2) is 0 Å². The van der Waals surface area contributed by atoms with Gasteiger partial charge in [-0.3, -0.25) is 4.79 Å². The lowest BCUT2D eigenvalue weighted by molar-refractivity contribution is -0.121. The number of ketones is 1. The van der Waals surface area contributed by atoms with E-state index < -0.39 is 0 Å². The number of fused-ring (bicyclic) bond motifs is 1. The van der Waals surface area contributed by atoms with Gasteiger partial charge in [0.25, 0.3) is 0 Å². The highest BCUT2D eigenvalue weighted by molar-refractivity contribution is 8.00. The highest BCUT2D eigenvalue weighted by Gasteiger charge is 2.46. The maximum atomic E-state index is 11.8. The SMILES string of the molecule is CC(=O)CCCCCNC(=O)CCCCC1SCC2NC(=O)N(C)C21. The molecule has 0 bridgehead atoms. The van der Waals surface area contributed by atoms with Crippen molar-refractivity contribution in [2.75, 3.05) is 19.3 Å². The number of nitrogens with one attached hydrogen (secondary N) is 2. The van der Waals surface area contributed by atoms with Gasteiger partial charge in [-0.25, -0.2) is 4.79 Å². The molecule has 2 heterocycles. The van der Waals surface area contributed by atoms with Crippen LogP contribution in [0.2, 0.25) is 0 Å². The summed E-state index contributed by atoms with van der Waals surface area (Å²) in [4.78, 5) is 36.2. The zero-order valence-corrected chi connectivity index (χ0v) is 16.2. The Labute approximate surface area is 154 Å². The highest BCUT2D eigenvalue weighted by Crippen LogP contribution is 2.36. The van der Waals surface area contributed by atoms with E-state index in [1.807, 2.05) is 23.7 Å². The number of carbonyl (C=O) groups excluding carboxylic acids is 3. The van der Waals surface area contributed by atoms with Crippen molar-refractivity contribution in [3.8, 4) is 0 Å². The molecule has 2 N–H and O–H groups in total. The zero-order valence-electron chi connectivity index (χ0n) is 15.4. The molecular weight excluding hydrogens is 338 g/mol. The van der Waals surface area contributed by atoms with Crippen molar-refractivity contribution in [2.24, 2.45) is 0 Å². The average molecular weight is 370 g/mol. The molecule has 2 aliphatic rings. The Kier molecular flexibility index (Phi) is 8.06. The number of unbranched alkanes of at least 4 members (excludes halogenated alkanes) is 3. The Morgan fingerprint density at radius 1 is 1.20 bits per heavy atom. The molecule has 0 aromatic rings. The third-order valence-electron chi connectivity index (χ3n) is 5.03. The van der Waals surface area contributed by atoms with Crippen molar-refractivity contribution in [2.45, 2.75) is 75.6 Å². The van der Waals surface area contributed by atoms with Crippen molar-refractivity contribution in [3.05, 3.63) is 0 Å². The van der Waals surface area contributed by atoms with Gasteiger partial charge in [-0.15, -0.1) is 0 Å². The summed E-state index contributed by atoms with van der Waals surface area (Å²) in [5.41, 5.74) is 0. The summed E-state index contributed by atoms with van der Waals surface area (Å²) < 4.78 is 0. The van der Waals surface area contributed by atoms with Crippen LogP contribution in [-0.4, -0.2) is 59.3 Å². The van der Waals surface area contributed by atoms with Gasteiger partial charge in [-0.05, 0) is 32.6 Å². The Balaban J connectivity index is 1.49. The van der Waals surface area contributed by atoms with E-state index in [1.54, 1.807) is 6.92 Å². The van der Waals surface area contributed by atoms with Crippen molar-refractivity contribution in [3.63, 3.8) is 0 Å². The minimum Gasteiger partial charge on any atom is -0.356 e. The number of urea groups is 1. The van der Waals surface area contributed by atoms with Gasteiger partial charge in [-0.1, -0.05) is 12.8 Å². The van der Waals surface area contributed by atoms with E-state index in [4.69, 9.17) is 0 Å². The van der Waals surface area contributed by atoms with E-state index in [9.17, 15) is 14.4 Å². The molecule has 3 amide bonds. The van der Waals surface area contributed by atoms with Gasteiger partial charge in [-0.2, -0.15) is 11.8 Å². The van der Waals surface area contributed by atoms with Gasteiger partial charge < -0.3 is 20.3 Å². The molecule has 0 aliphatic carbocycles. The molecule has 0 spiro atoms. The molecule has 3 atom stereocenters. The first-order valence-electron chi connectivity index (χ1n) is 9.40. The van der Waals surface area contributed by atoms with E-state index in [0.717, 1.165) is 44.3 Å². The second-order valence-electron chi connectivity index (χ2n) is 7.14. The third kappa shape index (κ3) is 6.20. The van der Waals surface area contributed by atoms with Crippen LogP contribution in [0.4, 0.5) is 4.79 Å². The first-order valence-corrected chi connectivity index (χ1v) is 10.4. The molecule has 6 nitrogen and oxygen atoms in total. The van der Waals surface area contributed by atoms with Gasteiger partial charge in [0.1, 0.15) is 5.78 Å². The molecule has 2 aliphatic heterocycles. The number of thioether (sulfide) groups is 1. The first kappa shape index (κ1) is 20.1. The molecule has 142 valence electrons. The minimum absolute atomic E-state index is 0.0444. The lowest BCUT2D eigenvalue weighted by Gasteiger charge is -2.23. The van der Waals surface area contributed by atoms with E-state index in [1.165, 1.54) is 0 Å². The normalized spacial score (nSPS) is 25.0. The molecule has 0 aromatic heterocycles. The van der Waals surface area contributed by atoms with Crippen LogP contribution in [0.3, 0.4) is 0 Å². The number of nitrogens with zero attached hydrogens (tertiary/aromatic N) is 1. The van der Waals surface area contributed by atoms with Gasteiger partial charge >= 0.3 is 6.03 Å². The predicted octanol–water partition coefficient (Wildman–Crippen LogP) is 2.32. The van der Waals surface area contributed by atoms with E-state index in [2.05, 4.69) is 10.6 Å². The highest BCUT2D eigenvalue weighted by atomic mass is 32.2. The predicted molar refractivity (Wildman–Crippen MR) is 101 cm³/mol. The first-order chi connectivity index (χ1) is 12.0. The fourth-order valence-electron chi connectivity index (χ4n) is 3.60. The largest absolute Gasteiger partial charge is 0.356 e. The Morgan fingerprint density at radius 2 is 1.96 bits per heavy atom. The number of amides is 3. The van der Waals surface area contributed by atoms with E-state index in [0.29, 0.717) is 36.7 Å². The Hall–Kier alpha value is -1.24. The fraction of sp³-hybridized carbons (Fsp3) is 0.833. The van der Waals surface area contributed by atoms with Crippen LogP contribution < -0.4 is 10.6 Å². The van der Waals surface area contributed by atoms with Gasteiger partial charge in [0.05, 0.1) is 12.1 Å². The summed E-state index contributed by atoms with van der Waals surface area (Å²) in [7, 11) is 1.88.